The van der Waals surface area contributed by atoms with Crippen molar-refractivity contribution in [1.82, 2.24) is 25.8 Å². The number of aliphatic hydroxyl groups excluding tert-OH is 1. The number of aromatic nitrogens is 1. The number of fused-ring (bicyclic) bond motifs is 1. The van der Waals surface area contributed by atoms with Gasteiger partial charge in [-0.1, -0.05) is 30.3 Å². The van der Waals surface area contributed by atoms with E-state index in [-0.39, 0.29) is 38.0 Å². The molecule has 2 aromatic carbocycles. The molecule has 1 fully saturated rings. The van der Waals surface area contributed by atoms with Crippen LogP contribution in [0.25, 0.3) is 10.9 Å². The Morgan fingerprint density at radius 1 is 0.960 bits per heavy atom. The van der Waals surface area contributed by atoms with Crippen molar-refractivity contribution in [2.45, 2.75) is 81.8 Å². The molecule has 1 unspecified atom stereocenters. The van der Waals surface area contributed by atoms with Crippen LogP contribution in [0.15, 0.2) is 54.7 Å². The molecule has 1 saturated heterocycles. The number of carboxylic acid groups (broad SMARTS) is 1. The number of aliphatic carboxylic acids is 1. The first kappa shape index (κ1) is 37.3. The molecule has 0 bridgehead atoms. The number of rotatable bonds is 16. The summed E-state index contributed by atoms with van der Waals surface area (Å²) in [6.45, 7) is 1.49. The standard InChI is InChI=1S/C34H43N7O9/c1-18(42)29(32(47)38-25(34(49)50)12-13-28(36)44)40-30(45)26(16-20-17-37-24-6-3-2-5-22(20)24)39-31(46)27-7-4-14-41(27)33(48)23(35)15-19-8-10-21(43)11-9-19/h2-3,5-6,8-11,17-18,23,25-27,29,37,42-43H,4,7,12-16,35H2,1H3,(H2,36,44)(H,38,47)(H,39,46)(H,40,45)(H,49,50)/t18?,23-,25-,26-,27-,29-/m0/s1. The van der Waals surface area contributed by atoms with Crippen molar-refractivity contribution in [1.29, 1.82) is 0 Å². The molecule has 1 aliphatic rings. The molecule has 4 rings (SSSR count). The Balaban J connectivity index is 1.53. The number of amides is 5. The molecule has 6 atom stereocenters. The van der Waals surface area contributed by atoms with E-state index >= 15 is 0 Å². The van der Waals surface area contributed by atoms with Crippen molar-refractivity contribution in [2.24, 2.45) is 11.5 Å². The molecule has 0 radical (unpaired) electrons. The molecular weight excluding hydrogens is 650 g/mol. The number of H-pyrrole nitrogens is 1. The Bertz CT molecular complexity index is 1710. The fourth-order valence-corrected chi connectivity index (χ4v) is 5.95. The lowest BCUT2D eigenvalue weighted by molar-refractivity contribution is -0.143. The van der Waals surface area contributed by atoms with E-state index in [0.29, 0.717) is 18.4 Å². The number of aromatic amines is 1. The van der Waals surface area contributed by atoms with Gasteiger partial charge in [0.2, 0.25) is 29.5 Å². The Morgan fingerprint density at radius 2 is 1.66 bits per heavy atom. The van der Waals surface area contributed by atoms with Crippen LogP contribution in [0, 0.1) is 0 Å². The smallest absolute Gasteiger partial charge is 0.326 e. The number of phenolic OH excluding ortho intramolecular Hbond substituents is 1. The Hall–Kier alpha value is -5.48. The minimum absolute atomic E-state index is 0.0485. The average molecular weight is 694 g/mol. The van der Waals surface area contributed by atoms with Gasteiger partial charge in [0.05, 0.1) is 12.1 Å². The Morgan fingerprint density at radius 3 is 2.32 bits per heavy atom. The van der Waals surface area contributed by atoms with Crippen molar-refractivity contribution in [3.8, 4) is 5.75 Å². The van der Waals surface area contributed by atoms with Crippen molar-refractivity contribution < 1.29 is 44.1 Å². The van der Waals surface area contributed by atoms with Gasteiger partial charge >= 0.3 is 5.97 Å². The first-order valence-corrected chi connectivity index (χ1v) is 16.2. The van der Waals surface area contributed by atoms with E-state index in [2.05, 4.69) is 20.9 Å². The summed E-state index contributed by atoms with van der Waals surface area (Å²) in [5.41, 5.74) is 13.5. The van der Waals surface area contributed by atoms with Gasteiger partial charge in [-0.15, -0.1) is 0 Å². The number of nitrogens with two attached hydrogens (primary N) is 2. The number of aromatic hydroxyl groups is 1. The van der Waals surface area contributed by atoms with Crippen LogP contribution in [0.2, 0.25) is 0 Å². The van der Waals surface area contributed by atoms with Crippen LogP contribution in [-0.2, 0) is 41.6 Å². The summed E-state index contributed by atoms with van der Waals surface area (Å²) in [5.74, 6) is -5.11. The number of hydrogen-bond acceptors (Lipinski definition) is 9. The largest absolute Gasteiger partial charge is 0.508 e. The molecule has 1 aliphatic heterocycles. The van der Waals surface area contributed by atoms with E-state index in [9.17, 15) is 44.1 Å². The van der Waals surface area contributed by atoms with Crippen LogP contribution in [-0.4, -0.2) is 104 Å². The van der Waals surface area contributed by atoms with Crippen LogP contribution in [0.1, 0.15) is 43.7 Å². The highest BCUT2D eigenvalue weighted by Gasteiger charge is 2.39. The van der Waals surface area contributed by atoms with Gasteiger partial charge in [-0.3, -0.25) is 24.0 Å². The second kappa shape index (κ2) is 16.8. The number of carboxylic acids is 1. The first-order valence-electron chi connectivity index (χ1n) is 16.2. The van der Waals surface area contributed by atoms with Gasteiger partial charge in [0.1, 0.15) is 29.9 Å². The molecule has 3 aromatic rings. The molecule has 1 aromatic heterocycles. The third-order valence-corrected chi connectivity index (χ3v) is 8.64. The SMILES string of the molecule is CC(O)[C@H](NC(=O)[C@H](Cc1c[nH]c2ccccc12)NC(=O)[C@@H]1CCCN1C(=O)[C@@H](N)Cc1ccc(O)cc1)C(=O)N[C@@H](CCC(N)=O)C(=O)O. The quantitative estimate of drug-likeness (QED) is 0.0898. The topological polar surface area (TPSA) is 270 Å². The van der Waals surface area contributed by atoms with Gasteiger partial charge in [-0.05, 0) is 61.9 Å². The van der Waals surface area contributed by atoms with E-state index in [1.165, 1.54) is 24.0 Å². The number of carbonyl (C=O) groups excluding carboxylic acids is 5. The van der Waals surface area contributed by atoms with E-state index in [1.807, 2.05) is 24.3 Å². The minimum Gasteiger partial charge on any atom is -0.508 e. The zero-order valence-electron chi connectivity index (χ0n) is 27.5. The third-order valence-electron chi connectivity index (χ3n) is 8.64. The third kappa shape index (κ3) is 9.57. The maximum Gasteiger partial charge on any atom is 0.326 e. The molecule has 50 heavy (non-hydrogen) atoms. The summed E-state index contributed by atoms with van der Waals surface area (Å²) in [6, 6.07) is 7.18. The Kier molecular flexibility index (Phi) is 12.5. The summed E-state index contributed by atoms with van der Waals surface area (Å²) >= 11 is 0. The van der Waals surface area contributed by atoms with Crippen molar-refractivity contribution in [2.75, 3.05) is 6.54 Å². The molecule has 16 nitrogen and oxygen atoms in total. The maximum absolute atomic E-state index is 13.8. The zero-order valence-corrected chi connectivity index (χ0v) is 27.5. The highest BCUT2D eigenvalue weighted by molar-refractivity contribution is 5.96. The molecule has 0 saturated carbocycles. The molecular formula is C34H43N7O9. The van der Waals surface area contributed by atoms with Gasteiger partial charge in [0, 0.05) is 36.5 Å². The fraction of sp³-hybridized carbons (Fsp3) is 0.412. The number of carbonyl (C=O) groups is 6. The predicted molar refractivity (Wildman–Crippen MR) is 180 cm³/mol. The minimum atomic E-state index is -1.64. The van der Waals surface area contributed by atoms with Gasteiger partial charge in [0.15, 0.2) is 0 Å². The first-order chi connectivity index (χ1) is 23.7. The Labute approximate surface area is 287 Å². The number of nitrogens with zero attached hydrogens (tertiary/aromatic N) is 1. The predicted octanol–water partition coefficient (Wildman–Crippen LogP) is -0.838. The number of para-hydroxylation sites is 1. The van der Waals surface area contributed by atoms with Crippen molar-refractivity contribution in [3.63, 3.8) is 0 Å². The fourth-order valence-electron chi connectivity index (χ4n) is 5.95. The lowest BCUT2D eigenvalue weighted by Crippen LogP contribution is -2.60. The van der Waals surface area contributed by atoms with Crippen molar-refractivity contribution in [3.05, 3.63) is 65.9 Å². The van der Waals surface area contributed by atoms with Crippen molar-refractivity contribution >= 4 is 46.4 Å². The van der Waals surface area contributed by atoms with Crippen LogP contribution in [0.5, 0.6) is 5.75 Å². The van der Waals surface area contributed by atoms with Gasteiger partial charge in [-0.2, -0.15) is 0 Å². The van der Waals surface area contributed by atoms with E-state index in [0.717, 1.165) is 16.5 Å². The molecule has 268 valence electrons. The number of aliphatic hydroxyl groups is 1. The number of primary amides is 1. The normalized spacial score (nSPS) is 17.3. The summed E-state index contributed by atoms with van der Waals surface area (Å²) in [4.78, 5) is 81.6. The second-order valence-electron chi connectivity index (χ2n) is 12.4. The number of likely N-dealkylation sites (tertiary alicyclic amines) is 1. The monoisotopic (exact) mass is 693 g/mol. The van der Waals surface area contributed by atoms with Gasteiger partial charge in [-0.25, -0.2) is 4.79 Å². The van der Waals surface area contributed by atoms with Crippen LogP contribution in [0.3, 0.4) is 0 Å². The number of hydrogen-bond donors (Lipinski definition) is 9. The summed E-state index contributed by atoms with van der Waals surface area (Å²) in [7, 11) is 0. The highest BCUT2D eigenvalue weighted by Crippen LogP contribution is 2.22. The van der Waals surface area contributed by atoms with E-state index < -0.39 is 71.8 Å². The zero-order chi connectivity index (χ0) is 36.5. The maximum atomic E-state index is 13.8. The number of benzene rings is 2. The summed E-state index contributed by atoms with van der Waals surface area (Å²) in [6.07, 6.45) is 0.490. The average Bonchev–Trinajstić information content (AvgIpc) is 3.73. The number of phenols is 1. The van der Waals surface area contributed by atoms with Gasteiger partial charge < -0.3 is 52.6 Å². The molecule has 2 heterocycles. The lowest BCUT2D eigenvalue weighted by Gasteiger charge is -2.29. The highest BCUT2D eigenvalue weighted by atomic mass is 16.4. The molecule has 5 amide bonds. The summed E-state index contributed by atoms with van der Waals surface area (Å²) in [5, 5.41) is 37.7. The van der Waals surface area contributed by atoms with Gasteiger partial charge in [0.25, 0.3) is 0 Å². The summed E-state index contributed by atoms with van der Waals surface area (Å²) < 4.78 is 0. The molecule has 0 spiro atoms. The molecule has 16 heteroatoms. The second-order valence-corrected chi connectivity index (χ2v) is 12.4. The van der Waals surface area contributed by atoms with E-state index in [4.69, 9.17) is 11.5 Å². The lowest BCUT2D eigenvalue weighted by atomic mass is 10.0. The van der Waals surface area contributed by atoms with Crippen LogP contribution >= 0.6 is 0 Å². The molecule has 11 N–H and O–H groups in total. The van der Waals surface area contributed by atoms with Crippen LogP contribution in [0.4, 0.5) is 0 Å². The van der Waals surface area contributed by atoms with Crippen LogP contribution < -0.4 is 27.4 Å². The van der Waals surface area contributed by atoms with E-state index in [1.54, 1.807) is 18.3 Å². The number of nitrogens with one attached hydrogen (secondary N) is 4. The molecule has 0 aliphatic carbocycles.